The van der Waals surface area contributed by atoms with Gasteiger partial charge in [0.15, 0.2) is 11.5 Å². The number of nitrogens with zero attached hydrogens (tertiary/aromatic N) is 4. The Kier molecular flexibility index (Phi) is 3.58. The van der Waals surface area contributed by atoms with Crippen molar-refractivity contribution in [3.05, 3.63) is 52.8 Å². The van der Waals surface area contributed by atoms with Crippen LogP contribution in [0.15, 0.2) is 34.9 Å². The number of hydrogen-bond donors (Lipinski definition) is 0. The van der Waals surface area contributed by atoms with Crippen molar-refractivity contribution in [3.63, 3.8) is 0 Å². The van der Waals surface area contributed by atoms with Crippen LogP contribution in [0.5, 0.6) is 0 Å². The Hall–Kier alpha value is -2.76. The summed E-state index contributed by atoms with van der Waals surface area (Å²) in [5.74, 6) is 0.861. The molecule has 0 unspecified atom stereocenters. The van der Waals surface area contributed by atoms with Gasteiger partial charge in [-0.15, -0.1) is 10.2 Å². The maximum Gasteiger partial charge on any atom is 0.240 e. The van der Waals surface area contributed by atoms with E-state index in [2.05, 4.69) is 15.4 Å². The van der Waals surface area contributed by atoms with E-state index < -0.39 is 0 Å². The molecule has 0 radical (unpaired) electrons. The van der Waals surface area contributed by atoms with E-state index in [1.54, 1.807) is 18.4 Å². The van der Waals surface area contributed by atoms with Gasteiger partial charge < -0.3 is 4.42 Å². The van der Waals surface area contributed by atoms with Gasteiger partial charge in [0.25, 0.3) is 0 Å². The summed E-state index contributed by atoms with van der Waals surface area (Å²) in [6, 6.07) is 7.43. The summed E-state index contributed by atoms with van der Waals surface area (Å²) >= 11 is 0. The molecule has 0 amide bonds. The highest BCUT2D eigenvalue weighted by molar-refractivity contribution is 5.97. The van der Waals surface area contributed by atoms with E-state index in [-0.39, 0.29) is 12.3 Å². The lowest BCUT2D eigenvalue weighted by Crippen LogP contribution is -2.14. The molecular weight excluding hydrogens is 280 g/mol. The minimum absolute atomic E-state index is 0.0380. The van der Waals surface area contributed by atoms with E-state index in [4.69, 9.17) is 4.42 Å². The number of tetrazole rings is 1. The Morgan fingerprint density at radius 1 is 1.18 bits per heavy atom. The molecule has 0 saturated heterocycles. The first-order chi connectivity index (χ1) is 10.5. The van der Waals surface area contributed by atoms with Crippen molar-refractivity contribution < 1.29 is 9.21 Å². The number of carbonyl (C=O) groups is 1. The normalized spacial score (nSPS) is 10.9. The average Bonchev–Trinajstić information content (AvgIpc) is 3.13. The number of furan rings is 1. The summed E-state index contributed by atoms with van der Waals surface area (Å²) in [5, 5.41) is 12.0. The molecule has 0 bridgehead atoms. The van der Waals surface area contributed by atoms with Crippen LogP contribution in [0, 0.1) is 20.8 Å². The zero-order valence-electron chi connectivity index (χ0n) is 12.7. The fourth-order valence-corrected chi connectivity index (χ4v) is 2.29. The summed E-state index contributed by atoms with van der Waals surface area (Å²) in [6.07, 6.45) is 1.54. The molecule has 2 heterocycles. The van der Waals surface area contributed by atoms with Crippen LogP contribution in [-0.2, 0) is 6.54 Å². The average molecular weight is 296 g/mol. The lowest BCUT2D eigenvalue weighted by Gasteiger charge is -2.08. The van der Waals surface area contributed by atoms with Crippen LogP contribution in [0.4, 0.5) is 0 Å². The maximum atomic E-state index is 12.4. The molecule has 0 spiro atoms. The van der Waals surface area contributed by atoms with Gasteiger partial charge >= 0.3 is 0 Å². The number of Topliss-reactive ketones (excluding diaryl/α,β-unsaturated/α-hetero) is 1. The van der Waals surface area contributed by atoms with E-state index in [1.165, 1.54) is 10.4 Å². The Balaban J connectivity index is 1.82. The predicted octanol–water partition coefficient (Wildman–Crippen LogP) is 2.74. The number of aromatic nitrogens is 4. The number of carbonyl (C=O) groups excluding carboxylic acids is 1. The van der Waals surface area contributed by atoms with Crippen molar-refractivity contribution in [1.29, 1.82) is 0 Å². The Morgan fingerprint density at radius 3 is 2.68 bits per heavy atom. The molecule has 0 aliphatic carbocycles. The van der Waals surface area contributed by atoms with Gasteiger partial charge in [-0.05, 0) is 60.9 Å². The third-order valence-electron chi connectivity index (χ3n) is 3.62. The Bertz CT molecular complexity index is 819. The first-order valence-corrected chi connectivity index (χ1v) is 6.97. The zero-order chi connectivity index (χ0) is 15.7. The van der Waals surface area contributed by atoms with Crippen LogP contribution < -0.4 is 0 Å². The van der Waals surface area contributed by atoms with Crippen molar-refractivity contribution >= 4 is 5.78 Å². The van der Waals surface area contributed by atoms with E-state index in [0.29, 0.717) is 17.1 Å². The van der Waals surface area contributed by atoms with Gasteiger partial charge in [0.1, 0.15) is 6.54 Å². The molecule has 2 aromatic heterocycles. The molecule has 1 aromatic carbocycles. The monoisotopic (exact) mass is 296 g/mol. The quantitative estimate of drug-likeness (QED) is 0.692. The molecule has 6 heteroatoms. The lowest BCUT2D eigenvalue weighted by atomic mass is 9.98. The number of aryl methyl sites for hydroxylation is 3. The van der Waals surface area contributed by atoms with Crippen LogP contribution >= 0.6 is 0 Å². The third-order valence-corrected chi connectivity index (χ3v) is 3.62. The second-order valence-electron chi connectivity index (χ2n) is 5.30. The van der Waals surface area contributed by atoms with Crippen LogP contribution in [-0.4, -0.2) is 26.0 Å². The summed E-state index contributed by atoms with van der Waals surface area (Å²) in [6.45, 7) is 6.01. The van der Waals surface area contributed by atoms with Gasteiger partial charge in [-0.1, -0.05) is 6.07 Å². The van der Waals surface area contributed by atoms with Gasteiger partial charge in [0.2, 0.25) is 5.82 Å². The van der Waals surface area contributed by atoms with Crippen molar-refractivity contribution in [2.24, 2.45) is 0 Å². The minimum Gasteiger partial charge on any atom is -0.461 e. The molecule has 3 rings (SSSR count). The zero-order valence-corrected chi connectivity index (χ0v) is 12.7. The van der Waals surface area contributed by atoms with Crippen LogP contribution in [0.1, 0.15) is 27.0 Å². The first-order valence-electron chi connectivity index (χ1n) is 6.97. The molecular formula is C16H16N4O2. The van der Waals surface area contributed by atoms with E-state index >= 15 is 0 Å². The van der Waals surface area contributed by atoms with Gasteiger partial charge in [0, 0.05) is 5.56 Å². The maximum absolute atomic E-state index is 12.4. The second kappa shape index (κ2) is 5.55. The van der Waals surface area contributed by atoms with E-state index in [9.17, 15) is 4.79 Å². The van der Waals surface area contributed by atoms with Crippen LogP contribution in [0.3, 0.4) is 0 Å². The summed E-state index contributed by atoms with van der Waals surface area (Å²) in [5.41, 5.74) is 3.92. The van der Waals surface area contributed by atoms with E-state index in [1.807, 2.05) is 32.9 Å². The molecule has 22 heavy (non-hydrogen) atoms. The summed E-state index contributed by atoms with van der Waals surface area (Å²) in [4.78, 5) is 13.7. The van der Waals surface area contributed by atoms with Crippen molar-refractivity contribution in [3.8, 4) is 11.6 Å². The van der Waals surface area contributed by atoms with Gasteiger partial charge in [-0.25, -0.2) is 0 Å². The number of ketones is 1. The molecule has 0 saturated carbocycles. The molecule has 112 valence electrons. The third kappa shape index (κ3) is 2.67. The SMILES string of the molecule is Cc1cc(C)c(C(=O)Cn2nnc(-c3ccco3)n2)cc1C. The van der Waals surface area contributed by atoms with Crippen molar-refractivity contribution in [2.75, 3.05) is 0 Å². The molecule has 0 N–H and O–H groups in total. The smallest absolute Gasteiger partial charge is 0.240 e. The highest BCUT2D eigenvalue weighted by Gasteiger charge is 2.14. The summed E-state index contributed by atoms with van der Waals surface area (Å²) < 4.78 is 5.21. The Labute approximate surface area is 127 Å². The van der Waals surface area contributed by atoms with Crippen LogP contribution in [0.25, 0.3) is 11.6 Å². The first kappa shape index (κ1) is 14.2. The molecule has 0 fully saturated rings. The molecule has 3 aromatic rings. The number of rotatable bonds is 4. The molecule has 0 aliphatic rings. The van der Waals surface area contributed by atoms with E-state index in [0.717, 1.165) is 11.1 Å². The lowest BCUT2D eigenvalue weighted by molar-refractivity contribution is 0.0960. The predicted molar refractivity (Wildman–Crippen MR) is 80.5 cm³/mol. The summed E-state index contributed by atoms with van der Waals surface area (Å²) in [7, 11) is 0. The highest BCUT2D eigenvalue weighted by Crippen LogP contribution is 2.17. The molecule has 0 atom stereocenters. The van der Waals surface area contributed by atoms with Crippen molar-refractivity contribution in [2.45, 2.75) is 27.3 Å². The number of benzene rings is 1. The second-order valence-corrected chi connectivity index (χ2v) is 5.30. The minimum atomic E-state index is -0.0380. The van der Waals surface area contributed by atoms with Gasteiger partial charge in [-0.3, -0.25) is 4.79 Å². The Morgan fingerprint density at radius 2 is 1.95 bits per heavy atom. The fraction of sp³-hybridized carbons (Fsp3) is 0.250. The molecule has 6 nitrogen and oxygen atoms in total. The van der Waals surface area contributed by atoms with Gasteiger partial charge in [-0.2, -0.15) is 4.80 Å². The molecule has 0 aliphatic heterocycles. The van der Waals surface area contributed by atoms with Crippen molar-refractivity contribution in [1.82, 2.24) is 20.2 Å². The fourth-order valence-electron chi connectivity index (χ4n) is 2.29. The standard InChI is InChI=1S/C16H16N4O2/c1-10-7-12(3)13(8-11(10)2)14(21)9-20-18-16(17-19-20)15-5-4-6-22-15/h4-8H,9H2,1-3H3. The number of hydrogen-bond acceptors (Lipinski definition) is 5. The highest BCUT2D eigenvalue weighted by atomic mass is 16.3. The van der Waals surface area contributed by atoms with Gasteiger partial charge in [0.05, 0.1) is 6.26 Å². The van der Waals surface area contributed by atoms with Crippen LogP contribution in [0.2, 0.25) is 0 Å². The largest absolute Gasteiger partial charge is 0.461 e. The topological polar surface area (TPSA) is 73.8 Å².